The third-order valence-corrected chi connectivity index (χ3v) is 2.75. The molecule has 0 saturated heterocycles. The van der Waals surface area contributed by atoms with E-state index in [1.165, 1.54) is 0 Å². The zero-order valence-electron chi connectivity index (χ0n) is 10.9. The summed E-state index contributed by atoms with van der Waals surface area (Å²) in [7, 11) is 0. The molecule has 1 aromatic carbocycles. The van der Waals surface area contributed by atoms with Crippen LogP contribution in [0.1, 0.15) is 31.4 Å². The van der Waals surface area contributed by atoms with Crippen LogP contribution >= 0.6 is 0 Å². The fourth-order valence-electron chi connectivity index (χ4n) is 1.66. The van der Waals surface area contributed by atoms with Gasteiger partial charge in [0.2, 0.25) is 5.91 Å². The highest BCUT2D eigenvalue weighted by Crippen LogP contribution is 2.10. The number of amides is 1. The Bertz CT molecular complexity index is 341. The Morgan fingerprint density at radius 3 is 2.67 bits per heavy atom. The van der Waals surface area contributed by atoms with Crippen molar-refractivity contribution < 1.29 is 9.90 Å². The molecule has 1 rings (SSSR count). The van der Waals surface area contributed by atoms with Crippen molar-refractivity contribution in [2.45, 2.75) is 25.8 Å². The number of aliphatic hydroxyl groups excluding tert-OH is 1. The molecule has 3 N–H and O–H groups in total. The van der Waals surface area contributed by atoms with Crippen LogP contribution in [0.3, 0.4) is 0 Å². The summed E-state index contributed by atoms with van der Waals surface area (Å²) in [5.74, 6) is -0.0298. The quantitative estimate of drug-likeness (QED) is 0.608. The molecule has 1 aromatic rings. The summed E-state index contributed by atoms with van der Waals surface area (Å²) in [5.41, 5.74) is 0.987. The van der Waals surface area contributed by atoms with E-state index in [1.54, 1.807) is 0 Å². The Labute approximate surface area is 108 Å². The lowest BCUT2D eigenvalue weighted by molar-refractivity contribution is -0.120. The van der Waals surface area contributed by atoms with Gasteiger partial charge >= 0.3 is 0 Å². The highest BCUT2D eigenvalue weighted by atomic mass is 16.3. The van der Waals surface area contributed by atoms with E-state index in [2.05, 4.69) is 17.6 Å². The van der Waals surface area contributed by atoms with E-state index in [0.717, 1.165) is 18.4 Å². The maximum atomic E-state index is 11.5. The second-order valence-corrected chi connectivity index (χ2v) is 4.23. The third-order valence-electron chi connectivity index (χ3n) is 2.75. The first-order chi connectivity index (χ1) is 8.77. The molecule has 0 radical (unpaired) electrons. The van der Waals surface area contributed by atoms with Crippen LogP contribution in [0, 0.1) is 0 Å². The lowest BCUT2D eigenvalue weighted by Crippen LogP contribution is -2.37. The van der Waals surface area contributed by atoms with Crippen LogP contribution in [0.25, 0.3) is 0 Å². The number of unbranched alkanes of at least 4 members (excludes halogenated alkanes) is 1. The van der Waals surface area contributed by atoms with Crippen LogP contribution in [-0.2, 0) is 4.79 Å². The maximum absolute atomic E-state index is 11.5. The topological polar surface area (TPSA) is 61.4 Å². The third kappa shape index (κ3) is 5.29. The molecule has 100 valence electrons. The van der Waals surface area contributed by atoms with Gasteiger partial charge in [-0.05, 0) is 12.0 Å². The molecule has 0 fully saturated rings. The van der Waals surface area contributed by atoms with Gasteiger partial charge in [-0.2, -0.15) is 0 Å². The number of rotatable bonds is 8. The van der Waals surface area contributed by atoms with Crippen molar-refractivity contribution in [1.29, 1.82) is 0 Å². The van der Waals surface area contributed by atoms with Gasteiger partial charge in [-0.25, -0.2) is 0 Å². The molecule has 18 heavy (non-hydrogen) atoms. The van der Waals surface area contributed by atoms with Crippen LogP contribution < -0.4 is 10.6 Å². The van der Waals surface area contributed by atoms with Crippen molar-refractivity contribution in [1.82, 2.24) is 10.6 Å². The van der Waals surface area contributed by atoms with Crippen LogP contribution in [0.2, 0.25) is 0 Å². The lowest BCUT2D eigenvalue weighted by atomic mass is 10.1. The number of aliphatic hydroxyl groups is 1. The van der Waals surface area contributed by atoms with Crippen molar-refractivity contribution in [2.75, 3.05) is 19.7 Å². The minimum absolute atomic E-state index is 0.0216. The molecule has 4 heteroatoms. The molecule has 0 aliphatic heterocycles. The van der Waals surface area contributed by atoms with E-state index in [-0.39, 0.29) is 25.1 Å². The second-order valence-electron chi connectivity index (χ2n) is 4.23. The van der Waals surface area contributed by atoms with Crippen molar-refractivity contribution >= 4 is 5.91 Å². The molecule has 0 saturated carbocycles. The minimum Gasteiger partial charge on any atom is -0.394 e. The Balaban J connectivity index is 2.34. The Morgan fingerprint density at radius 1 is 1.33 bits per heavy atom. The lowest BCUT2D eigenvalue weighted by Gasteiger charge is -2.16. The van der Waals surface area contributed by atoms with Crippen molar-refractivity contribution in [3.63, 3.8) is 0 Å². The molecular formula is C14H22N2O2. The first-order valence-corrected chi connectivity index (χ1v) is 6.43. The number of nitrogens with one attached hydrogen (secondary N) is 2. The predicted octanol–water partition coefficient (Wildman–Crippen LogP) is 1.23. The Kier molecular flexibility index (Phi) is 7.06. The van der Waals surface area contributed by atoms with E-state index >= 15 is 0 Å². The van der Waals surface area contributed by atoms with Crippen LogP contribution in [-0.4, -0.2) is 30.7 Å². The average Bonchev–Trinajstić information content (AvgIpc) is 2.41. The summed E-state index contributed by atoms with van der Waals surface area (Å²) in [4.78, 5) is 11.5. The Morgan fingerprint density at radius 2 is 2.06 bits per heavy atom. The van der Waals surface area contributed by atoms with Gasteiger partial charge < -0.3 is 10.4 Å². The van der Waals surface area contributed by atoms with Gasteiger partial charge in [0.1, 0.15) is 0 Å². The van der Waals surface area contributed by atoms with E-state index in [0.29, 0.717) is 6.54 Å². The molecule has 1 amide bonds. The first kappa shape index (κ1) is 14.7. The van der Waals surface area contributed by atoms with Gasteiger partial charge in [0.25, 0.3) is 0 Å². The molecule has 4 nitrogen and oxygen atoms in total. The van der Waals surface area contributed by atoms with Gasteiger partial charge in [-0.1, -0.05) is 43.7 Å². The number of benzene rings is 1. The van der Waals surface area contributed by atoms with Crippen molar-refractivity contribution in [2.24, 2.45) is 0 Å². The largest absolute Gasteiger partial charge is 0.394 e. The standard InChI is InChI=1S/C14H22N2O2/c1-2-3-9-15-14(18)10-16-13(11-17)12-7-5-4-6-8-12/h4-8,13,16-17H,2-3,9-11H2,1H3,(H,15,18). The van der Waals surface area contributed by atoms with Gasteiger partial charge in [-0.15, -0.1) is 0 Å². The molecule has 0 bridgehead atoms. The highest BCUT2D eigenvalue weighted by molar-refractivity contribution is 5.78. The number of carbonyl (C=O) groups excluding carboxylic acids is 1. The molecule has 1 atom stereocenters. The van der Waals surface area contributed by atoms with Crippen LogP contribution in [0.15, 0.2) is 30.3 Å². The van der Waals surface area contributed by atoms with Gasteiger partial charge in [-0.3, -0.25) is 10.1 Å². The number of hydrogen-bond acceptors (Lipinski definition) is 3. The zero-order chi connectivity index (χ0) is 13.2. The van der Waals surface area contributed by atoms with E-state index in [4.69, 9.17) is 0 Å². The van der Waals surface area contributed by atoms with E-state index in [9.17, 15) is 9.90 Å². The molecule has 1 unspecified atom stereocenters. The van der Waals surface area contributed by atoms with Crippen molar-refractivity contribution in [3.05, 3.63) is 35.9 Å². The van der Waals surface area contributed by atoms with Crippen LogP contribution in [0.4, 0.5) is 0 Å². The number of hydrogen-bond donors (Lipinski definition) is 3. The second kappa shape index (κ2) is 8.66. The highest BCUT2D eigenvalue weighted by Gasteiger charge is 2.10. The molecule has 0 aliphatic carbocycles. The number of carbonyl (C=O) groups is 1. The fourth-order valence-corrected chi connectivity index (χ4v) is 1.66. The first-order valence-electron chi connectivity index (χ1n) is 6.43. The summed E-state index contributed by atoms with van der Waals surface area (Å²) < 4.78 is 0. The molecule has 0 heterocycles. The minimum atomic E-state index is -0.192. The van der Waals surface area contributed by atoms with Gasteiger partial charge in [0.05, 0.1) is 19.2 Å². The van der Waals surface area contributed by atoms with Gasteiger partial charge in [0.15, 0.2) is 0 Å². The predicted molar refractivity (Wildman–Crippen MR) is 72.2 cm³/mol. The molecule has 0 spiro atoms. The smallest absolute Gasteiger partial charge is 0.233 e. The van der Waals surface area contributed by atoms with E-state index in [1.807, 2.05) is 30.3 Å². The molecule has 0 aliphatic rings. The van der Waals surface area contributed by atoms with Crippen LogP contribution in [0.5, 0.6) is 0 Å². The Hall–Kier alpha value is -1.39. The van der Waals surface area contributed by atoms with Crippen molar-refractivity contribution in [3.8, 4) is 0 Å². The molecular weight excluding hydrogens is 228 g/mol. The maximum Gasteiger partial charge on any atom is 0.233 e. The fraction of sp³-hybridized carbons (Fsp3) is 0.500. The molecule has 0 aromatic heterocycles. The van der Waals surface area contributed by atoms with E-state index < -0.39 is 0 Å². The zero-order valence-corrected chi connectivity index (χ0v) is 10.9. The summed E-state index contributed by atoms with van der Waals surface area (Å²) in [6.45, 7) is 3.00. The normalized spacial score (nSPS) is 12.1. The summed E-state index contributed by atoms with van der Waals surface area (Å²) >= 11 is 0. The summed E-state index contributed by atoms with van der Waals surface area (Å²) in [6, 6.07) is 9.44. The summed E-state index contributed by atoms with van der Waals surface area (Å²) in [6.07, 6.45) is 2.06. The summed E-state index contributed by atoms with van der Waals surface area (Å²) in [5, 5.41) is 15.2. The SMILES string of the molecule is CCCCNC(=O)CNC(CO)c1ccccc1. The monoisotopic (exact) mass is 250 g/mol. The van der Waals surface area contributed by atoms with Gasteiger partial charge in [0, 0.05) is 6.54 Å². The average molecular weight is 250 g/mol.